The fourth-order valence-electron chi connectivity index (χ4n) is 3.58. The summed E-state index contributed by atoms with van der Waals surface area (Å²) in [5.74, 6) is 0.933. The Kier molecular flexibility index (Phi) is 7.15. The number of rotatable bonds is 9. The highest BCUT2D eigenvalue weighted by Crippen LogP contribution is 2.34. The lowest BCUT2D eigenvalue weighted by atomic mass is 10.1. The van der Waals surface area contributed by atoms with Crippen LogP contribution in [0.5, 0.6) is 17.2 Å². The molecule has 0 bridgehead atoms. The summed E-state index contributed by atoms with van der Waals surface area (Å²) < 4.78 is 26.7. The second-order valence-electron chi connectivity index (χ2n) is 7.42. The molecule has 0 saturated carbocycles. The zero-order valence-corrected chi connectivity index (χ0v) is 19.5. The van der Waals surface area contributed by atoms with Crippen molar-refractivity contribution in [1.29, 1.82) is 0 Å². The Morgan fingerprint density at radius 3 is 2.37 bits per heavy atom. The molecule has 2 aromatic heterocycles. The first-order chi connectivity index (χ1) is 17.0. The van der Waals surface area contributed by atoms with E-state index in [0.717, 1.165) is 0 Å². The molecule has 0 aliphatic rings. The number of pyridine rings is 1. The van der Waals surface area contributed by atoms with E-state index in [0.29, 0.717) is 45.2 Å². The third-order valence-electron chi connectivity index (χ3n) is 5.31. The molecule has 0 spiro atoms. The molecule has 4 rings (SSSR count). The summed E-state index contributed by atoms with van der Waals surface area (Å²) in [4.78, 5) is 29.9. The molecule has 0 fully saturated rings. The summed E-state index contributed by atoms with van der Waals surface area (Å²) in [7, 11) is 4.56. The van der Waals surface area contributed by atoms with Crippen LogP contribution in [0.15, 0.2) is 65.3 Å². The molecule has 1 amide bonds. The number of hydrogen-bond acceptors (Lipinski definition) is 8. The number of ether oxygens (including phenoxy) is 4. The van der Waals surface area contributed by atoms with Gasteiger partial charge >= 0.3 is 5.97 Å². The number of esters is 1. The van der Waals surface area contributed by atoms with Crippen molar-refractivity contribution in [3.63, 3.8) is 0 Å². The summed E-state index contributed by atoms with van der Waals surface area (Å²) in [6.45, 7) is -0.318. The molecule has 0 atom stereocenters. The number of benzene rings is 2. The van der Waals surface area contributed by atoms with Crippen molar-refractivity contribution in [2.24, 2.45) is 0 Å². The van der Waals surface area contributed by atoms with Gasteiger partial charge in [0.2, 0.25) is 0 Å². The van der Waals surface area contributed by atoms with Gasteiger partial charge in [-0.3, -0.25) is 4.79 Å². The number of fused-ring (bicyclic) bond motifs is 1. The molecule has 0 saturated heterocycles. The zero-order valence-electron chi connectivity index (χ0n) is 19.5. The first kappa shape index (κ1) is 23.6. The second kappa shape index (κ2) is 10.6. The second-order valence-corrected chi connectivity index (χ2v) is 7.42. The van der Waals surface area contributed by atoms with E-state index in [2.05, 4.69) is 10.3 Å². The molecule has 1 N–H and O–H groups in total. The molecule has 180 valence electrons. The number of nitrogens with one attached hydrogen (secondary N) is 1. The SMILES string of the molecule is COc1cc(OC)c(OC)cc1CNC(=O)COC(=O)c1cc(-c2ccco2)nc2ccccc12. The Bertz CT molecular complexity index is 1350. The highest BCUT2D eigenvalue weighted by molar-refractivity contribution is 6.05. The van der Waals surface area contributed by atoms with Crippen LogP contribution >= 0.6 is 0 Å². The monoisotopic (exact) mass is 476 g/mol. The van der Waals surface area contributed by atoms with Crippen molar-refractivity contribution in [3.8, 4) is 28.7 Å². The predicted molar refractivity (Wildman–Crippen MR) is 128 cm³/mol. The summed E-state index contributed by atoms with van der Waals surface area (Å²) in [5.41, 5.74) is 2.06. The largest absolute Gasteiger partial charge is 0.496 e. The van der Waals surface area contributed by atoms with Crippen LogP contribution in [0.3, 0.4) is 0 Å². The van der Waals surface area contributed by atoms with Gasteiger partial charge in [0, 0.05) is 23.6 Å². The van der Waals surface area contributed by atoms with Crippen LogP contribution in [0.25, 0.3) is 22.4 Å². The van der Waals surface area contributed by atoms with Gasteiger partial charge in [-0.1, -0.05) is 18.2 Å². The topological polar surface area (TPSA) is 109 Å². The number of furan rings is 1. The van der Waals surface area contributed by atoms with E-state index in [1.807, 2.05) is 6.07 Å². The van der Waals surface area contributed by atoms with Crippen LogP contribution in [-0.4, -0.2) is 44.8 Å². The van der Waals surface area contributed by atoms with E-state index in [4.69, 9.17) is 23.4 Å². The van der Waals surface area contributed by atoms with E-state index < -0.39 is 18.5 Å². The van der Waals surface area contributed by atoms with Crippen molar-refractivity contribution < 1.29 is 33.0 Å². The highest BCUT2D eigenvalue weighted by atomic mass is 16.5. The van der Waals surface area contributed by atoms with Crippen LogP contribution in [0, 0.1) is 0 Å². The van der Waals surface area contributed by atoms with E-state index in [1.54, 1.807) is 48.5 Å². The minimum Gasteiger partial charge on any atom is -0.496 e. The van der Waals surface area contributed by atoms with Crippen molar-refractivity contribution in [1.82, 2.24) is 10.3 Å². The first-order valence-electron chi connectivity index (χ1n) is 10.7. The average molecular weight is 476 g/mol. The normalized spacial score (nSPS) is 10.6. The average Bonchev–Trinajstić information content (AvgIpc) is 3.44. The molecule has 0 unspecified atom stereocenters. The van der Waals surface area contributed by atoms with Gasteiger partial charge in [0.25, 0.3) is 5.91 Å². The van der Waals surface area contributed by atoms with Gasteiger partial charge < -0.3 is 28.7 Å². The molecule has 9 heteroatoms. The maximum atomic E-state index is 12.9. The molecule has 4 aromatic rings. The Balaban J connectivity index is 1.45. The molecular formula is C26H24N2O7. The lowest BCUT2D eigenvalue weighted by molar-refractivity contribution is -0.124. The smallest absolute Gasteiger partial charge is 0.339 e. The van der Waals surface area contributed by atoms with Gasteiger partial charge in [0.05, 0.1) is 38.7 Å². The lowest BCUT2D eigenvalue weighted by Crippen LogP contribution is -2.28. The number of aromatic nitrogens is 1. The molecule has 2 aromatic carbocycles. The standard InChI is InChI=1S/C26H24N2O7/c1-31-22-13-24(33-3)23(32-2)11-16(22)14-27-25(29)15-35-26(30)18-12-20(21-9-6-10-34-21)28-19-8-5-4-7-17(18)19/h4-13H,14-15H2,1-3H3,(H,27,29). The van der Waals surface area contributed by atoms with Crippen LogP contribution in [0.4, 0.5) is 0 Å². The Hall–Kier alpha value is -4.53. The molecular weight excluding hydrogens is 452 g/mol. The molecule has 35 heavy (non-hydrogen) atoms. The summed E-state index contributed by atoms with van der Waals surface area (Å²) in [5, 5.41) is 3.33. The number of methoxy groups -OCH3 is 3. The molecule has 0 aliphatic carbocycles. The quantitative estimate of drug-likeness (QED) is 0.361. The van der Waals surface area contributed by atoms with E-state index in [1.165, 1.54) is 27.6 Å². The number of para-hydroxylation sites is 1. The maximum absolute atomic E-state index is 12.9. The molecule has 9 nitrogen and oxygen atoms in total. The summed E-state index contributed by atoms with van der Waals surface area (Å²) >= 11 is 0. The van der Waals surface area contributed by atoms with Gasteiger partial charge in [-0.2, -0.15) is 0 Å². The van der Waals surface area contributed by atoms with Crippen molar-refractivity contribution in [2.75, 3.05) is 27.9 Å². The minimum atomic E-state index is -0.643. The molecule has 0 aliphatic heterocycles. The van der Waals surface area contributed by atoms with Crippen molar-refractivity contribution in [3.05, 3.63) is 72.0 Å². The number of amides is 1. The minimum absolute atomic E-state index is 0.140. The highest BCUT2D eigenvalue weighted by Gasteiger charge is 2.18. The van der Waals surface area contributed by atoms with Gasteiger partial charge in [-0.15, -0.1) is 0 Å². The number of hydrogen-bond donors (Lipinski definition) is 1. The van der Waals surface area contributed by atoms with E-state index in [-0.39, 0.29) is 12.1 Å². The summed E-state index contributed by atoms with van der Waals surface area (Å²) in [6.07, 6.45) is 1.53. The Morgan fingerprint density at radius 1 is 0.914 bits per heavy atom. The van der Waals surface area contributed by atoms with Gasteiger partial charge in [-0.05, 0) is 30.3 Å². The summed E-state index contributed by atoms with van der Waals surface area (Å²) in [6, 6.07) is 15.7. The zero-order chi connectivity index (χ0) is 24.8. The Labute approximate surface area is 201 Å². The number of nitrogens with zero attached hydrogens (tertiary/aromatic N) is 1. The number of carbonyl (C=O) groups excluding carboxylic acids is 2. The third-order valence-corrected chi connectivity index (χ3v) is 5.31. The molecule has 0 radical (unpaired) electrons. The Morgan fingerprint density at radius 2 is 1.66 bits per heavy atom. The van der Waals surface area contributed by atoms with Gasteiger partial charge in [0.15, 0.2) is 23.9 Å². The maximum Gasteiger partial charge on any atom is 0.339 e. The first-order valence-corrected chi connectivity index (χ1v) is 10.7. The van der Waals surface area contributed by atoms with E-state index in [9.17, 15) is 9.59 Å². The van der Waals surface area contributed by atoms with E-state index >= 15 is 0 Å². The van der Waals surface area contributed by atoms with Gasteiger partial charge in [0.1, 0.15) is 11.4 Å². The van der Waals surface area contributed by atoms with Crippen LogP contribution in [0.2, 0.25) is 0 Å². The van der Waals surface area contributed by atoms with Crippen molar-refractivity contribution in [2.45, 2.75) is 6.54 Å². The van der Waals surface area contributed by atoms with Crippen molar-refractivity contribution >= 4 is 22.8 Å². The van der Waals surface area contributed by atoms with Crippen LogP contribution < -0.4 is 19.5 Å². The molecule has 2 heterocycles. The van der Waals surface area contributed by atoms with Gasteiger partial charge in [-0.25, -0.2) is 9.78 Å². The fraction of sp³-hybridized carbons (Fsp3) is 0.192. The van der Waals surface area contributed by atoms with Crippen LogP contribution in [-0.2, 0) is 16.1 Å². The predicted octanol–water partition coefficient (Wildman–Crippen LogP) is 3.99. The third kappa shape index (κ3) is 5.19. The fourth-order valence-corrected chi connectivity index (χ4v) is 3.58. The number of carbonyl (C=O) groups is 2. The lowest BCUT2D eigenvalue weighted by Gasteiger charge is -2.14. The van der Waals surface area contributed by atoms with Crippen LogP contribution in [0.1, 0.15) is 15.9 Å².